The minimum Gasteiger partial charge on any atom is -0.395 e. The SMILES string of the molecule is O=C(N1CCN(CCO)CC1)C1(c2ccc(Cl)cc2)CCCC1. The van der Waals surface area contributed by atoms with Crippen LogP contribution in [0.2, 0.25) is 5.02 Å². The van der Waals surface area contributed by atoms with E-state index >= 15 is 0 Å². The zero-order valence-corrected chi connectivity index (χ0v) is 14.3. The van der Waals surface area contributed by atoms with Crippen molar-refractivity contribution in [3.63, 3.8) is 0 Å². The maximum atomic E-state index is 13.3. The van der Waals surface area contributed by atoms with Crippen LogP contribution in [0.5, 0.6) is 0 Å². The molecule has 1 heterocycles. The van der Waals surface area contributed by atoms with E-state index in [2.05, 4.69) is 4.90 Å². The first-order valence-corrected chi connectivity index (χ1v) is 8.92. The Kier molecular flexibility index (Phi) is 5.24. The fourth-order valence-electron chi connectivity index (χ4n) is 3.99. The van der Waals surface area contributed by atoms with E-state index in [0.29, 0.717) is 11.6 Å². The number of nitrogens with zero attached hydrogens (tertiary/aromatic N) is 2. The highest BCUT2D eigenvalue weighted by Crippen LogP contribution is 2.43. The van der Waals surface area contributed by atoms with Crippen molar-refractivity contribution in [2.75, 3.05) is 39.3 Å². The third kappa shape index (κ3) is 3.39. The van der Waals surface area contributed by atoms with Crippen LogP contribution in [0.25, 0.3) is 0 Å². The van der Waals surface area contributed by atoms with Gasteiger partial charge in [-0.25, -0.2) is 0 Å². The fourth-order valence-corrected chi connectivity index (χ4v) is 4.12. The van der Waals surface area contributed by atoms with Gasteiger partial charge in [0.25, 0.3) is 0 Å². The molecule has 0 radical (unpaired) electrons. The van der Waals surface area contributed by atoms with Gasteiger partial charge < -0.3 is 10.0 Å². The second kappa shape index (κ2) is 7.20. The summed E-state index contributed by atoms with van der Waals surface area (Å²) in [4.78, 5) is 17.5. The Hall–Kier alpha value is -1.10. The Morgan fingerprint density at radius 2 is 1.70 bits per heavy atom. The molecule has 1 aromatic rings. The predicted molar refractivity (Wildman–Crippen MR) is 91.7 cm³/mol. The molecule has 0 aromatic heterocycles. The molecule has 126 valence electrons. The lowest BCUT2D eigenvalue weighted by Crippen LogP contribution is -2.54. The molecule has 1 saturated heterocycles. The number of benzene rings is 1. The molecule has 0 unspecified atom stereocenters. The van der Waals surface area contributed by atoms with Crippen LogP contribution in [0.1, 0.15) is 31.2 Å². The summed E-state index contributed by atoms with van der Waals surface area (Å²) in [6, 6.07) is 7.83. The molecule has 1 N–H and O–H groups in total. The highest BCUT2D eigenvalue weighted by Gasteiger charge is 2.45. The number of β-amino-alcohol motifs (C(OH)–C–C–N with tert-alkyl or cyclic N) is 1. The van der Waals surface area contributed by atoms with E-state index in [1.807, 2.05) is 29.2 Å². The molecule has 3 rings (SSSR count). The van der Waals surface area contributed by atoms with Crippen LogP contribution in [-0.4, -0.2) is 60.1 Å². The van der Waals surface area contributed by atoms with Gasteiger partial charge in [-0.05, 0) is 30.5 Å². The number of aliphatic hydroxyl groups excluding tert-OH is 1. The van der Waals surface area contributed by atoms with E-state index in [1.54, 1.807) is 0 Å². The van der Waals surface area contributed by atoms with Gasteiger partial charge in [0.2, 0.25) is 5.91 Å². The number of hydrogen-bond acceptors (Lipinski definition) is 3. The Bertz CT molecular complexity index is 532. The van der Waals surface area contributed by atoms with Gasteiger partial charge in [-0.15, -0.1) is 0 Å². The molecular formula is C18H25ClN2O2. The Labute approximate surface area is 143 Å². The largest absolute Gasteiger partial charge is 0.395 e. The molecular weight excluding hydrogens is 312 g/mol. The third-order valence-electron chi connectivity index (χ3n) is 5.34. The molecule has 1 aliphatic heterocycles. The quantitative estimate of drug-likeness (QED) is 0.917. The number of halogens is 1. The van der Waals surface area contributed by atoms with Crippen LogP contribution in [-0.2, 0) is 10.2 Å². The first kappa shape index (κ1) is 16.7. The van der Waals surface area contributed by atoms with Crippen LogP contribution >= 0.6 is 11.6 Å². The predicted octanol–water partition coefficient (Wildman–Crippen LogP) is 2.29. The van der Waals surface area contributed by atoms with E-state index in [4.69, 9.17) is 16.7 Å². The van der Waals surface area contributed by atoms with Gasteiger partial charge in [-0.1, -0.05) is 36.6 Å². The normalized spacial score (nSPS) is 21.6. The van der Waals surface area contributed by atoms with Gasteiger partial charge in [0.05, 0.1) is 12.0 Å². The average Bonchev–Trinajstić information content (AvgIpc) is 3.07. The van der Waals surface area contributed by atoms with Crippen LogP contribution in [0.4, 0.5) is 0 Å². The minimum atomic E-state index is -0.357. The van der Waals surface area contributed by atoms with Crippen LogP contribution in [0.3, 0.4) is 0 Å². The van der Waals surface area contributed by atoms with E-state index < -0.39 is 0 Å². The molecule has 0 spiro atoms. The van der Waals surface area contributed by atoms with Crippen molar-refractivity contribution in [1.82, 2.24) is 9.80 Å². The molecule has 1 amide bonds. The topological polar surface area (TPSA) is 43.8 Å². The summed E-state index contributed by atoms with van der Waals surface area (Å²) in [6.45, 7) is 4.10. The molecule has 4 nitrogen and oxygen atoms in total. The number of piperazine rings is 1. The number of amides is 1. The average molecular weight is 337 g/mol. The van der Waals surface area contributed by atoms with Crippen LogP contribution in [0, 0.1) is 0 Å². The highest BCUT2D eigenvalue weighted by molar-refractivity contribution is 6.30. The summed E-state index contributed by atoms with van der Waals surface area (Å²) in [6.07, 6.45) is 4.09. The fraction of sp³-hybridized carbons (Fsp3) is 0.611. The minimum absolute atomic E-state index is 0.183. The molecule has 0 atom stereocenters. The summed E-state index contributed by atoms with van der Waals surface area (Å²) in [5.41, 5.74) is 0.756. The van der Waals surface area contributed by atoms with Gasteiger partial charge in [-0.2, -0.15) is 0 Å². The second-order valence-electron chi connectivity index (χ2n) is 6.65. The maximum absolute atomic E-state index is 13.3. The van der Waals surface area contributed by atoms with E-state index in [9.17, 15) is 4.79 Å². The second-order valence-corrected chi connectivity index (χ2v) is 7.09. The van der Waals surface area contributed by atoms with Gasteiger partial charge in [0.1, 0.15) is 0 Å². The molecule has 1 saturated carbocycles. The zero-order chi connectivity index (χ0) is 16.3. The number of rotatable bonds is 4. The molecule has 1 aromatic carbocycles. The first-order chi connectivity index (χ1) is 11.2. The lowest BCUT2D eigenvalue weighted by molar-refractivity contribution is -0.139. The van der Waals surface area contributed by atoms with Gasteiger partial charge >= 0.3 is 0 Å². The van der Waals surface area contributed by atoms with Gasteiger partial charge in [-0.3, -0.25) is 9.69 Å². The molecule has 2 fully saturated rings. The molecule has 0 bridgehead atoms. The Morgan fingerprint density at radius 3 is 2.26 bits per heavy atom. The highest BCUT2D eigenvalue weighted by atomic mass is 35.5. The third-order valence-corrected chi connectivity index (χ3v) is 5.59. The van der Waals surface area contributed by atoms with Crippen molar-refractivity contribution in [3.8, 4) is 0 Å². The summed E-state index contributed by atoms with van der Waals surface area (Å²) in [5, 5.41) is 9.76. The van der Waals surface area contributed by atoms with Crippen LogP contribution < -0.4 is 0 Å². The number of carbonyl (C=O) groups is 1. The zero-order valence-electron chi connectivity index (χ0n) is 13.5. The Balaban J connectivity index is 1.76. The van der Waals surface area contributed by atoms with E-state index in [0.717, 1.165) is 57.4 Å². The van der Waals surface area contributed by atoms with Crippen LogP contribution in [0.15, 0.2) is 24.3 Å². The number of aliphatic hydroxyl groups is 1. The lowest BCUT2D eigenvalue weighted by atomic mass is 9.77. The Morgan fingerprint density at radius 1 is 1.09 bits per heavy atom. The summed E-state index contributed by atoms with van der Waals surface area (Å²) < 4.78 is 0. The van der Waals surface area contributed by atoms with Crippen molar-refractivity contribution in [2.45, 2.75) is 31.1 Å². The van der Waals surface area contributed by atoms with Crippen molar-refractivity contribution in [3.05, 3.63) is 34.9 Å². The number of carbonyl (C=O) groups excluding carboxylic acids is 1. The van der Waals surface area contributed by atoms with E-state index in [1.165, 1.54) is 0 Å². The monoisotopic (exact) mass is 336 g/mol. The van der Waals surface area contributed by atoms with Crippen molar-refractivity contribution >= 4 is 17.5 Å². The van der Waals surface area contributed by atoms with E-state index in [-0.39, 0.29) is 17.9 Å². The number of hydrogen-bond donors (Lipinski definition) is 1. The molecule has 2 aliphatic rings. The molecule has 1 aliphatic carbocycles. The summed E-state index contributed by atoms with van der Waals surface area (Å²) >= 11 is 6.02. The molecule has 5 heteroatoms. The first-order valence-electron chi connectivity index (χ1n) is 8.54. The smallest absolute Gasteiger partial charge is 0.233 e. The van der Waals surface area contributed by atoms with Crippen molar-refractivity contribution in [1.29, 1.82) is 0 Å². The summed E-state index contributed by atoms with van der Waals surface area (Å²) in [5.74, 6) is 0.279. The van der Waals surface area contributed by atoms with Crippen molar-refractivity contribution in [2.24, 2.45) is 0 Å². The van der Waals surface area contributed by atoms with Crippen molar-refractivity contribution < 1.29 is 9.90 Å². The van der Waals surface area contributed by atoms with Gasteiger partial charge in [0.15, 0.2) is 0 Å². The summed E-state index contributed by atoms with van der Waals surface area (Å²) in [7, 11) is 0. The molecule has 23 heavy (non-hydrogen) atoms. The lowest BCUT2D eigenvalue weighted by Gasteiger charge is -2.40. The maximum Gasteiger partial charge on any atom is 0.233 e. The standard InChI is InChI=1S/C18H25ClN2O2/c19-16-5-3-15(4-6-16)18(7-1-2-8-18)17(23)21-11-9-20(10-12-21)13-14-22/h3-6,22H,1-2,7-14H2. The van der Waals surface area contributed by atoms with Gasteiger partial charge in [0, 0.05) is 37.7 Å².